The quantitative estimate of drug-likeness (QED) is 0.804. The third-order valence-electron chi connectivity index (χ3n) is 3.34. The minimum atomic E-state index is -0.443. The summed E-state index contributed by atoms with van der Waals surface area (Å²) >= 11 is 3.36. The number of esters is 1. The average Bonchev–Trinajstić information content (AvgIpc) is 2.78. The molecule has 3 rings (SSSR count). The largest absolute Gasteiger partial charge is 0.456 e. The van der Waals surface area contributed by atoms with Gasteiger partial charge in [0.15, 0.2) is 0 Å². The van der Waals surface area contributed by atoms with E-state index in [2.05, 4.69) is 21.2 Å². The zero-order valence-corrected chi connectivity index (χ0v) is 11.7. The second kappa shape index (κ2) is 4.38. The first-order chi connectivity index (χ1) is 9.08. The Kier molecular flexibility index (Phi) is 2.82. The summed E-state index contributed by atoms with van der Waals surface area (Å²) in [6, 6.07) is 6.82. The predicted molar refractivity (Wildman–Crippen MR) is 71.2 cm³/mol. The Morgan fingerprint density at radius 2 is 2.00 bits per heavy atom. The molecule has 0 fully saturated rings. The van der Waals surface area contributed by atoms with Crippen molar-refractivity contribution in [1.82, 2.24) is 10.2 Å². The summed E-state index contributed by atoms with van der Waals surface area (Å²) in [5.74, 6) is -0.366. The number of carbonyl (C=O) groups excluding carboxylic acids is 2. The zero-order chi connectivity index (χ0) is 13.6. The fourth-order valence-electron chi connectivity index (χ4n) is 2.29. The number of nitrogens with zero attached hydrogens (tertiary/aromatic N) is 1. The number of hydrogen-bond acceptors (Lipinski definition) is 3. The molecule has 2 heterocycles. The highest BCUT2D eigenvalue weighted by Gasteiger charge is 2.40. The third-order valence-corrected chi connectivity index (χ3v) is 3.87. The monoisotopic (exact) mass is 322 g/mol. The van der Waals surface area contributed by atoms with Gasteiger partial charge >= 0.3 is 12.0 Å². The number of ether oxygens (including phenoxy) is 1. The first kappa shape index (κ1) is 12.2. The number of cyclic esters (lactones) is 1. The van der Waals surface area contributed by atoms with E-state index in [4.69, 9.17) is 4.74 Å². The van der Waals surface area contributed by atoms with Gasteiger partial charge in [0.25, 0.3) is 0 Å². The van der Waals surface area contributed by atoms with Crippen molar-refractivity contribution in [2.24, 2.45) is 0 Å². The van der Waals surface area contributed by atoms with Crippen molar-refractivity contribution in [3.8, 4) is 0 Å². The lowest BCUT2D eigenvalue weighted by atomic mass is 9.96. The second-order valence-electron chi connectivity index (χ2n) is 4.43. The molecule has 2 amide bonds. The fourth-order valence-corrected chi connectivity index (χ4v) is 2.55. The molecule has 0 aromatic heterocycles. The van der Waals surface area contributed by atoms with E-state index in [0.29, 0.717) is 11.3 Å². The van der Waals surface area contributed by atoms with Crippen LogP contribution in [-0.4, -0.2) is 30.6 Å². The normalized spacial score (nSPS) is 22.2. The standard InChI is InChI=1S/C13H11BrN2O3/c1-16-9-6-19-12(17)10(9)11(15-13(16)18)7-2-4-8(14)5-3-7/h2-5,11H,6H2,1H3,(H,15,18)/t11-/m1/s1. The first-order valence-corrected chi connectivity index (χ1v) is 6.57. The number of nitrogens with one attached hydrogen (secondary N) is 1. The highest BCUT2D eigenvalue weighted by molar-refractivity contribution is 9.10. The smallest absolute Gasteiger partial charge is 0.338 e. The van der Waals surface area contributed by atoms with Gasteiger partial charge in [0.2, 0.25) is 0 Å². The minimum absolute atomic E-state index is 0.158. The Balaban J connectivity index is 2.08. The maximum atomic E-state index is 11.9. The van der Waals surface area contributed by atoms with Crippen molar-refractivity contribution in [2.75, 3.05) is 13.7 Å². The summed E-state index contributed by atoms with van der Waals surface area (Å²) in [6.07, 6.45) is 0. The van der Waals surface area contributed by atoms with Crippen molar-refractivity contribution in [3.05, 3.63) is 45.6 Å². The van der Waals surface area contributed by atoms with Crippen LogP contribution in [0, 0.1) is 0 Å². The van der Waals surface area contributed by atoms with Crippen molar-refractivity contribution in [2.45, 2.75) is 6.04 Å². The van der Waals surface area contributed by atoms with E-state index < -0.39 is 6.04 Å². The van der Waals surface area contributed by atoms with Crippen LogP contribution in [0.25, 0.3) is 0 Å². The van der Waals surface area contributed by atoms with Gasteiger partial charge in [-0.2, -0.15) is 0 Å². The predicted octanol–water partition coefficient (Wildman–Crippen LogP) is 1.96. The number of carbonyl (C=O) groups is 2. The summed E-state index contributed by atoms with van der Waals surface area (Å²) < 4.78 is 5.98. The molecule has 2 aliphatic rings. The van der Waals surface area contributed by atoms with Crippen LogP contribution in [-0.2, 0) is 9.53 Å². The molecule has 98 valence electrons. The van der Waals surface area contributed by atoms with Crippen molar-refractivity contribution in [1.29, 1.82) is 0 Å². The van der Waals surface area contributed by atoms with E-state index in [1.807, 2.05) is 24.3 Å². The topological polar surface area (TPSA) is 58.6 Å². The zero-order valence-electron chi connectivity index (χ0n) is 10.1. The van der Waals surface area contributed by atoms with Gasteiger partial charge in [-0.25, -0.2) is 9.59 Å². The van der Waals surface area contributed by atoms with Gasteiger partial charge in [0, 0.05) is 11.5 Å². The van der Waals surface area contributed by atoms with Crippen molar-refractivity contribution < 1.29 is 14.3 Å². The van der Waals surface area contributed by atoms with E-state index in [1.165, 1.54) is 4.90 Å². The Morgan fingerprint density at radius 3 is 2.68 bits per heavy atom. The van der Waals surface area contributed by atoms with Gasteiger partial charge in [-0.15, -0.1) is 0 Å². The number of amides is 2. The number of likely N-dealkylation sites (N-methyl/N-ethyl adjacent to an activating group) is 1. The molecule has 1 aromatic carbocycles. The number of hydrogen-bond donors (Lipinski definition) is 1. The maximum Gasteiger partial charge on any atom is 0.338 e. The van der Waals surface area contributed by atoms with Gasteiger partial charge in [-0.1, -0.05) is 28.1 Å². The number of urea groups is 1. The van der Waals surface area contributed by atoms with Crippen molar-refractivity contribution in [3.63, 3.8) is 0 Å². The molecule has 0 bridgehead atoms. The molecule has 0 unspecified atom stereocenters. The lowest BCUT2D eigenvalue weighted by molar-refractivity contribution is -0.136. The van der Waals surface area contributed by atoms with Gasteiger partial charge in [-0.3, -0.25) is 4.90 Å². The van der Waals surface area contributed by atoms with Crippen LogP contribution in [0.3, 0.4) is 0 Å². The minimum Gasteiger partial charge on any atom is -0.456 e. The SMILES string of the molecule is CN1C(=O)N[C@H](c2ccc(Br)cc2)C2=C1COC2=O. The molecule has 0 saturated heterocycles. The number of halogens is 1. The van der Waals surface area contributed by atoms with Gasteiger partial charge in [-0.05, 0) is 17.7 Å². The molecule has 0 aliphatic carbocycles. The van der Waals surface area contributed by atoms with Crippen LogP contribution < -0.4 is 5.32 Å². The third kappa shape index (κ3) is 1.92. The Bertz CT molecular complexity index is 594. The summed E-state index contributed by atoms with van der Waals surface area (Å²) in [7, 11) is 1.63. The summed E-state index contributed by atoms with van der Waals surface area (Å²) in [5.41, 5.74) is 2.02. The lowest BCUT2D eigenvalue weighted by Crippen LogP contribution is -2.45. The molecule has 0 radical (unpaired) electrons. The molecule has 1 aromatic rings. The highest BCUT2D eigenvalue weighted by Crippen LogP contribution is 2.34. The van der Waals surface area contributed by atoms with Gasteiger partial charge in [0.1, 0.15) is 6.61 Å². The van der Waals surface area contributed by atoms with Gasteiger partial charge < -0.3 is 10.1 Å². The van der Waals surface area contributed by atoms with Gasteiger partial charge in [0.05, 0.1) is 17.3 Å². The number of rotatable bonds is 1. The lowest BCUT2D eigenvalue weighted by Gasteiger charge is -2.30. The molecule has 19 heavy (non-hydrogen) atoms. The van der Waals surface area contributed by atoms with Crippen LogP contribution in [0.5, 0.6) is 0 Å². The van der Waals surface area contributed by atoms with E-state index >= 15 is 0 Å². The van der Waals surface area contributed by atoms with E-state index in [9.17, 15) is 9.59 Å². The van der Waals surface area contributed by atoms with Crippen LogP contribution in [0.15, 0.2) is 40.0 Å². The molecule has 5 nitrogen and oxygen atoms in total. The highest BCUT2D eigenvalue weighted by atomic mass is 79.9. The van der Waals surface area contributed by atoms with E-state index in [1.54, 1.807) is 7.05 Å². The first-order valence-electron chi connectivity index (χ1n) is 5.78. The molecule has 0 saturated carbocycles. The number of benzene rings is 1. The summed E-state index contributed by atoms with van der Waals surface area (Å²) in [4.78, 5) is 25.2. The molecule has 1 N–H and O–H groups in total. The molecular weight excluding hydrogens is 312 g/mol. The molecule has 6 heteroatoms. The van der Waals surface area contributed by atoms with E-state index in [0.717, 1.165) is 10.0 Å². The maximum absolute atomic E-state index is 11.9. The molecular formula is C13H11BrN2O3. The van der Waals surface area contributed by atoms with Crippen LogP contribution in [0.4, 0.5) is 4.79 Å². The molecule has 1 atom stereocenters. The summed E-state index contributed by atoms with van der Waals surface area (Å²) in [6.45, 7) is 0.158. The van der Waals surface area contributed by atoms with Crippen LogP contribution in [0.2, 0.25) is 0 Å². The average molecular weight is 323 g/mol. The van der Waals surface area contributed by atoms with Crippen LogP contribution >= 0.6 is 15.9 Å². The fraction of sp³-hybridized carbons (Fsp3) is 0.231. The molecule has 0 spiro atoms. The Morgan fingerprint density at radius 1 is 1.32 bits per heavy atom. The Hall–Kier alpha value is -1.82. The second-order valence-corrected chi connectivity index (χ2v) is 5.35. The summed E-state index contributed by atoms with van der Waals surface area (Å²) in [5, 5.41) is 2.82. The Labute approximate surface area is 118 Å². The molecule has 2 aliphatic heterocycles. The van der Waals surface area contributed by atoms with E-state index in [-0.39, 0.29) is 18.6 Å². The van der Waals surface area contributed by atoms with Crippen molar-refractivity contribution >= 4 is 27.9 Å². The van der Waals surface area contributed by atoms with Crippen LogP contribution in [0.1, 0.15) is 11.6 Å².